The van der Waals surface area contributed by atoms with E-state index in [0.717, 1.165) is 71.3 Å². The number of likely N-dealkylation sites (tertiary alicyclic amines) is 1. The molecule has 4 aromatic rings. The van der Waals surface area contributed by atoms with E-state index in [4.69, 9.17) is 43.6 Å². The van der Waals surface area contributed by atoms with Crippen molar-refractivity contribution in [3.05, 3.63) is 111 Å². The predicted octanol–water partition coefficient (Wildman–Crippen LogP) is 7.07. The van der Waals surface area contributed by atoms with Crippen molar-refractivity contribution in [2.24, 2.45) is 0 Å². The van der Waals surface area contributed by atoms with Crippen molar-refractivity contribution in [1.29, 1.82) is 0 Å². The molecular weight excluding hydrogens is 767 g/mol. The second-order valence-electron chi connectivity index (χ2n) is 13.9. The minimum absolute atomic E-state index is 0.0298. The van der Waals surface area contributed by atoms with Crippen LogP contribution >= 0.6 is 23.2 Å². The van der Waals surface area contributed by atoms with E-state index < -0.39 is 47.2 Å². The van der Waals surface area contributed by atoms with E-state index in [2.05, 4.69) is 23.1 Å². The number of hydrogen-bond donors (Lipinski definition) is 4. The van der Waals surface area contributed by atoms with Crippen molar-refractivity contribution in [1.82, 2.24) is 9.80 Å². The van der Waals surface area contributed by atoms with Crippen LogP contribution in [-0.2, 0) is 25.2 Å². The summed E-state index contributed by atoms with van der Waals surface area (Å²) >= 11 is 12.7. The summed E-state index contributed by atoms with van der Waals surface area (Å²) in [6, 6.07) is 26.2. The van der Waals surface area contributed by atoms with E-state index in [9.17, 15) is 23.4 Å². The molecule has 0 radical (unpaired) electrons. The molecule has 1 aliphatic rings. The normalized spacial score (nSPS) is 14.7. The van der Waals surface area contributed by atoms with Crippen molar-refractivity contribution >= 4 is 68.6 Å². The molecule has 0 spiro atoms. The van der Waals surface area contributed by atoms with E-state index in [1.54, 1.807) is 6.26 Å². The molecule has 0 bridgehead atoms. The lowest BCUT2D eigenvalue weighted by Crippen LogP contribution is -2.42. The van der Waals surface area contributed by atoms with Crippen molar-refractivity contribution in [3.8, 4) is 0 Å². The molecule has 1 unspecified atom stereocenters. The summed E-state index contributed by atoms with van der Waals surface area (Å²) in [5.74, 6) is -4.46. The van der Waals surface area contributed by atoms with Crippen LogP contribution in [0.15, 0.2) is 83.8 Å². The molecular formula is C41H46Cl2N2O9S. The van der Waals surface area contributed by atoms with Gasteiger partial charge in [0.25, 0.3) is 5.91 Å². The minimum Gasteiger partial charge on any atom is -0.481 e. The molecule has 0 aliphatic carbocycles. The molecule has 4 N–H and O–H groups in total. The van der Waals surface area contributed by atoms with Crippen LogP contribution in [0.2, 0.25) is 10.0 Å². The molecule has 2 atom stereocenters. The second-order valence-corrected chi connectivity index (χ2v) is 16.1. The second kappa shape index (κ2) is 19.5. The van der Waals surface area contributed by atoms with Crippen LogP contribution in [0.4, 0.5) is 0 Å². The van der Waals surface area contributed by atoms with Gasteiger partial charge in [-0.05, 0) is 97.4 Å². The number of halogens is 2. The highest BCUT2D eigenvalue weighted by atomic mass is 35.5. The number of benzene rings is 4. The first-order valence-corrected chi connectivity index (χ1v) is 20.0. The van der Waals surface area contributed by atoms with E-state index in [-0.39, 0.29) is 11.8 Å². The van der Waals surface area contributed by atoms with Gasteiger partial charge < -0.3 is 30.2 Å². The van der Waals surface area contributed by atoms with Gasteiger partial charge in [-0.25, -0.2) is 4.79 Å². The Hall–Kier alpha value is -4.33. The summed E-state index contributed by atoms with van der Waals surface area (Å²) in [6.07, 6.45) is 2.46. The van der Waals surface area contributed by atoms with Crippen molar-refractivity contribution in [2.45, 2.75) is 61.4 Å². The number of carbonyl (C=O) groups is 4. The van der Waals surface area contributed by atoms with Crippen molar-refractivity contribution < 1.29 is 43.8 Å². The van der Waals surface area contributed by atoms with Gasteiger partial charge in [-0.3, -0.25) is 18.6 Å². The van der Waals surface area contributed by atoms with Gasteiger partial charge in [0.05, 0.1) is 39.2 Å². The van der Waals surface area contributed by atoms with Crippen LogP contribution in [0, 0.1) is 6.92 Å². The summed E-state index contributed by atoms with van der Waals surface area (Å²) in [4.78, 5) is 49.7. The Kier molecular flexibility index (Phi) is 15.4. The summed E-state index contributed by atoms with van der Waals surface area (Å²) in [6.45, 7) is 5.49. The molecule has 4 aromatic carbocycles. The first kappa shape index (κ1) is 43.4. The maximum Gasteiger partial charge on any atom is 0.336 e. The summed E-state index contributed by atoms with van der Waals surface area (Å²) in [5.41, 5.74) is 1.33. The van der Waals surface area contributed by atoms with Gasteiger partial charge in [0.2, 0.25) is 0 Å². The molecule has 1 heterocycles. The van der Waals surface area contributed by atoms with Gasteiger partial charge in [-0.2, -0.15) is 0 Å². The number of fused-ring (bicyclic) bond motifs is 1. The summed E-state index contributed by atoms with van der Waals surface area (Å²) < 4.78 is 12.3. The molecule has 294 valence electrons. The number of aryl methyl sites for hydroxylation is 1. The van der Waals surface area contributed by atoms with Crippen molar-refractivity contribution in [3.63, 3.8) is 0 Å². The third-order valence-electron chi connectivity index (χ3n) is 9.94. The van der Waals surface area contributed by atoms with Gasteiger partial charge >= 0.3 is 17.9 Å². The highest BCUT2D eigenvalue weighted by Gasteiger charge is 2.40. The third kappa shape index (κ3) is 11.6. The lowest BCUT2D eigenvalue weighted by Gasteiger charge is -2.34. The number of aliphatic hydroxyl groups is 1. The van der Waals surface area contributed by atoms with Gasteiger partial charge in [0, 0.05) is 30.7 Å². The van der Waals surface area contributed by atoms with E-state index in [1.807, 2.05) is 79.5 Å². The molecule has 1 aliphatic heterocycles. The van der Waals surface area contributed by atoms with Gasteiger partial charge in [0.1, 0.15) is 0 Å². The number of carbonyl (C=O) groups excluding carboxylic acids is 1. The molecule has 11 nitrogen and oxygen atoms in total. The van der Waals surface area contributed by atoms with Gasteiger partial charge in [0.15, 0.2) is 5.60 Å². The number of piperidine rings is 1. The zero-order chi connectivity index (χ0) is 40.4. The predicted molar refractivity (Wildman–Crippen MR) is 214 cm³/mol. The van der Waals surface area contributed by atoms with Crippen LogP contribution in [0.1, 0.15) is 71.0 Å². The Labute approximate surface area is 332 Å². The zero-order valence-electron chi connectivity index (χ0n) is 30.9. The maximum atomic E-state index is 13.9. The lowest BCUT2D eigenvalue weighted by atomic mass is 9.88. The Morgan fingerprint density at radius 3 is 2.11 bits per heavy atom. The van der Waals surface area contributed by atoms with E-state index in [1.165, 1.54) is 5.56 Å². The van der Waals surface area contributed by atoms with E-state index in [0.29, 0.717) is 22.5 Å². The quantitative estimate of drug-likeness (QED) is 0.103. The van der Waals surface area contributed by atoms with Crippen LogP contribution in [0.5, 0.6) is 0 Å². The molecule has 55 heavy (non-hydrogen) atoms. The van der Waals surface area contributed by atoms with Crippen LogP contribution < -0.4 is 0 Å². The van der Waals surface area contributed by atoms with Gasteiger partial charge in [-0.15, -0.1) is 0 Å². The molecule has 1 amide bonds. The molecule has 1 saturated heterocycles. The SMILES string of the molecule is Cc1ccc2ccccc2c1C(=O)N(C)CC(CCN1CCC(c2ccccc2[S@](C)=O)CC1)c1ccc(Cl)c(Cl)c1.O=C(O)CC(O)(CC(=O)O)C(=O)O. The van der Waals surface area contributed by atoms with Crippen LogP contribution in [0.25, 0.3) is 10.8 Å². The largest absolute Gasteiger partial charge is 0.481 e. The molecule has 14 heteroatoms. The lowest BCUT2D eigenvalue weighted by molar-refractivity contribution is -0.170. The number of rotatable bonds is 14. The summed E-state index contributed by atoms with van der Waals surface area (Å²) in [7, 11) is 0.913. The van der Waals surface area contributed by atoms with Crippen LogP contribution in [-0.4, -0.2) is 103 Å². The first-order valence-electron chi connectivity index (χ1n) is 17.7. The molecule has 5 rings (SSSR count). The standard InChI is InChI=1S/C35H38Cl2N2O2S.C6H8O7/c1-24-12-13-25-8-4-5-10-30(25)34(24)35(40)38(2)23-28(27-14-15-31(36)32(37)22-27)18-21-39-19-16-26(17-20-39)29-9-6-7-11-33(29)42(3)41;7-3(8)1-6(13,5(11)12)2-4(9)10/h4-15,22,26,28H,16-21,23H2,1-3H3;13H,1-2H2,(H,7,8)(H,9,10)(H,11,12)/t28?,42-;/m0./s1. The smallest absolute Gasteiger partial charge is 0.336 e. The fourth-order valence-electron chi connectivity index (χ4n) is 7.00. The fraction of sp³-hybridized carbons (Fsp3) is 0.366. The zero-order valence-corrected chi connectivity index (χ0v) is 33.2. The Morgan fingerprint density at radius 2 is 1.51 bits per heavy atom. The topological polar surface area (TPSA) is 173 Å². The monoisotopic (exact) mass is 812 g/mol. The van der Waals surface area contributed by atoms with Crippen molar-refractivity contribution in [2.75, 3.05) is 39.5 Å². The number of carboxylic acids is 3. The Morgan fingerprint density at radius 1 is 0.891 bits per heavy atom. The van der Waals surface area contributed by atoms with E-state index >= 15 is 0 Å². The highest BCUT2D eigenvalue weighted by molar-refractivity contribution is 7.84. The number of aliphatic carboxylic acids is 3. The average Bonchev–Trinajstić information content (AvgIpc) is 3.14. The highest BCUT2D eigenvalue weighted by Crippen LogP contribution is 2.34. The Balaban J connectivity index is 0.000000444. The fourth-order valence-corrected chi connectivity index (χ4v) is 8.14. The number of likely N-dealkylation sites (N-methyl/N-ethyl adjacent to an activating group) is 1. The number of carboxylic acid groups (broad SMARTS) is 3. The first-order chi connectivity index (χ1) is 26.0. The minimum atomic E-state index is -2.74. The van der Waals surface area contributed by atoms with Crippen LogP contribution in [0.3, 0.4) is 0 Å². The number of nitrogens with zero attached hydrogens (tertiary/aromatic N) is 2. The average molecular weight is 814 g/mol. The molecule has 0 aromatic heterocycles. The maximum absolute atomic E-state index is 13.9. The summed E-state index contributed by atoms with van der Waals surface area (Å²) in [5, 5.41) is 36.9. The third-order valence-corrected chi connectivity index (χ3v) is 11.7. The molecule has 0 saturated carbocycles. The number of amides is 1. The molecule has 1 fully saturated rings. The Bertz CT molecular complexity index is 2040. The van der Waals surface area contributed by atoms with Gasteiger partial charge in [-0.1, -0.05) is 83.9 Å². The number of hydrogen-bond acceptors (Lipinski definition) is 7.